The molecule has 1 N–H and O–H groups in total. The van der Waals surface area contributed by atoms with Gasteiger partial charge in [0.1, 0.15) is 12.1 Å². The molecule has 2 heterocycles. The summed E-state index contributed by atoms with van der Waals surface area (Å²) in [5.74, 6) is -0.284. The van der Waals surface area contributed by atoms with Crippen LogP contribution in [-0.4, -0.2) is 16.0 Å². The van der Waals surface area contributed by atoms with Crippen molar-refractivity contribution < 1.29 is 13.7 Å². The summed E-state index contributed by atoms with van der Waals surface area (Å²) in [7, 11) is 0. The van der Waals surface area contributed by atoms with E-state index in [1.165, 1.54) is 24.6 Å². The number of benzene rings is 1. The highest BCUT2D eigenvalue weighted by molar-refractivity contribution is 6.03. The highest BCUT2D eigenvalue weighted by atomic mass is 19.1. The van der Waals surface area contributed by atoms with Gasteiger partial charge < -0.3 is 9.84 Å². The first kappa shape index (κ1) is 13.9. The normalized spacial score (nSPS) is 10.4. The molecule has 0 aliphatic carbocycles. The number of carbonyl (C=O) groups excluding carboxylic acids is 1. The first-order valence-electron chi connectivity index (χ1n) is 6.61. The molecular weight excluding hydrogens is 285 g/mol. The number of halogens is 1. The Morgan fingerprint density at radius 1 is 1.18 bits per heavy atom. The summed E-state index contributed by atoms with van der Waals surface area (Å²) in [6.07, 6.45) is 4.98. The van der Waals surface area contributed by atoms with Gasteiger partial charge in [0.25, 0.3) is 5.91 Å². The summed E-state index contributed by atoms with van der Waals surface area (Å²) >= 11 is 0. The fraction of sp³-hybridized carbons (Fsp3) is 0.0625. The lowest BCUT2D eigenvalue weighted by Crippen LogP contribution is -2.12. The van der Waals surface area contributed by atoms with E-state index in [2.05, 4.69) is 20.0 Å². The van der Waals surface area contributed by atoms with Gasteiger partial charge in [-0.05, 0) is 35.7 Å². The minimum Gasteiger partial charge on any atom is -0.363 e. The van der Waals surface area contributed by atoms with Crippen LogP contribution in [0.3, 0.4) is 0 Å². The Labute approximate surface area is 125 Å². The molecule has 6 heteroatoms. The molecule has 0 unspecified atom stereocenters. The molecule has 0 atom stereocenters. The molecule has 110 valence electrons. The average molecular weight is 297 g/mol. The van der Waals surface area contributed by atoms with E-state index < -0.39 is 0 Å². The van der Waals surface area contributed by atoms with Crippen molar-refractivity contribution in [2.75, 3.05) is 5.32 Å². The quantitative estimate of drug-likeness (QED) is 0.803. The van der Waals surface area contributed by atoms with Crippen LogP contribution in [0.4, 0.5) is 10.2 Å². The highest BCUT2D eigenvalue weighted by Gasteiger charge is 2.09. The molecule has 0 fully saturated rings. The molecule has 1 amide bonds. The smallest absolute Gasteiger partial charge is 0.258 e. The summed E-state index contributed by atoms with van der Waals surface area (Å²) in [5.41, 5.74) is 2.03. The van der Waals surface area contributed by atoms with Crippen LogP contribution in [0.5, 0.6) is 0 Å². The summed E-state index contributed by atoms with van der Waals surface area (Å²) < 4.78 is 17.8. The van der Waals surface area contributed by atoms with Gasteiger partial charge in [0, 0.05) is 18.5 Å². The Morgan fingerprint density at radius 3 is 2.86 bits per heavy atom. The third-order valence-electron chi connectivity index (χ3n) is 3.03. The van der Waals surface area contributed by atoms with Crippen molar-refractivity contribution in [3.05, 3.63) is 77.6 Å². The largest absolute Gasteiger partial charge is 0.363 e. The lowest BCUT2D eigenvalue weighted by Gasteiger charge is -2.05. The van der Waals surface area contributed by atoms with E-state index in [1.807, 2.05) is 6.07 Å². The second-order valence-corrected chi connectivity index (χ2v) is 4.73. The van der Waals surface area contributed by atoms with E-state index in [-0.39, 0.29) is 11.7 Å². The van der Waals surface area contributed by atoms with Crippen molar-refractivity contribution in [3.8, 4) is 0 Å². The van der Waals surface area contributed by atoms with E-state index >= 15 is 0 Å². The van der Waals surface area contributed by atoms with Gasteiger partial charge in [0.2, 0.25) is 0 Å². The topological polar surface area (TPSA) is 68.0 Å². The van der Waals surface area contributed by atoms with Crippen molar-refractivity contribution >= 4 is 11.7 Å². The van der Waals surface area contributed by atoms with Crippen molar-refractivity contribution in [2.24, 2.45) is 0 Å². The summed E-state index contributed by atoms with van der Waals surface area (Å²) in [6, 6.07) is 9.59. The van der Waals surface area contributed by atoms with Crippen molar-refractivity contribution in [2.45, 2.75) is 6.42 Å². The molecule has 0 saturated carbocycles. The second-order valence-electron chi connectivity index (χ2n) is 4.73. The Hall–Kier alpha value is -3.02. The molecule has 0 aliphatic rings. The zero-order chi connectivity index (χ0) is 15.4. The lowest BCUT2D eigenvalue weighted by molar-refractivity contribution is 0.102. The molecule has 3 aromatic rings. The molecular formula is C16H12FN3O2. The number of nitrogens with one attached hydrogen (secondary N) is 1. The van der Waals surface area contributed by atoms with E-state index in [4.69, 9.17) is 0 Å². The van der Waals surface area contributed by atoms with E-state index in [0.717, 1.165) is 11.1 Å². The molecule has 22 heavy (non-hydrogen) atoms. The fourth-order valence-electron chi connectivity index (χ4n) is 2.06. The van der Waals surface area contributed by atoms with Crippen molar-refractivity contribution in [1.29, 1.82) is 0 Å². The van der Waals surface area contributed by atoms with Crippen LogP contribution in [0.2, 0.25) is 0 Å². The van der Waals surface area contributed by atoms with Gasteiger partial charge in [0.15, 0.2) is 5.82 Å². The van der Waals surface area contributed by atoms with Gasteiger partial charge in [-0.15, -0.1) is 0 Å². The standard InChI is InChI=1S/C16H12FN3O2/c17-14-3-1-2-11(8-14)6-12-7-13(10-18-9-12)16(21)19-15-4-5-22-20-15/h1-5,7-10H,6H2,(H,19,20,21). The average Bonchev–Trinajstić information content (AvgIpc) is 3.00. The lowest BCUT2D eigenvalue weighted by atomic mass is 10.1. The zero-order valence-corrected chi connectivity index (χ0v) is 11.5. The van der Waals surface area contributed by atoms with E-state index in [0.29, 0.717) is 17.8 Å². The molecule has 2 aromatic heterocycles. The van der Waals surface area contributed by atoms with Gasteiger partial charge in [-0.1, -0.05) is 17.3 Å². The molecule has 1 aromatic carbocycles. The number of hydrogen-bond donors (Lipinski definition) is 1. The van der Waals surface area contributed by atoms with Crippen LogP contribution in [0.15, 0.2) is 59.6 Å². The number of aromatic nitrogens is 2. The number of carbonyl (C=O) groups is 1. The monoisotopic (exact) mass is 297 g/mol. The van der Waals surface area contributed by atoms with Gasteiger partial charge in [-0.3, -0.25) is 9.78 Å². The van der Waals surface area contributed by atoms with Crippen LogP contribution in [0.1, 0.15) is 21.5 Å². The van der Waals surface area contributed by atoms with Crippen LogP contribution >= 0.6 is 0 Å². The number of nitrogens with zero attached hydrogens (tertiary/aromatic N) is 2. The second kappa shape index (κ2) is 6.17. The molecule has 0 spiro atoms. The van der Waals surface area contributed by atoms with Gasteiger partial charge in [-0.25, -0.2) is 4.39 Å². The van der Waals surface area contributed by atoms with Gasteiger partial charge in [-0.2, -0.15) is 0 Å². The molecule has 5 nitrogen and oxygen atoms in total. The van der Waals surface area contributed by atoms with Crippen LogP contribution in [0.25, 0.3) is 0 Å². The van der Waals surface area contributed by atoms with Crippen molar-refractivity contribution in [1.82, 2.24) is 10.1 Å². The minimum atomic E-state index is -0.331. The van der Waals surface area contributed by atoms with E-state index in [9.17, 15) is 9.18 Å². The molecule has 0 saturated heterocycles. The van der Waals surface area contributed by atoms with Gasteiger partial charge >= 0.3 is 0 Å². The van der Waals surface area contributed by atoms with Crippen LogP contribution in [-0.2, 0) is 6.42 Å². The molecule has 3 rings (SSSR count). The Kier molecular flexibility index (Phi) is 3.91. The number of amides is 1. The predicted octanol–water partition coefficient (Wildman–Crippen LogP) is 3.05. The van der Waals surface area contributed by atoms with Gasteiger partial charge in [0.05, 0.1) is 5.56 Å². The maximum Gasteiger partial charge on any atom is 0.258 e. The summed E-state index contributed by atoms with van der Waals surface area (Å²) in [5, 5.41) is 6.21. The highest BCUT2D eigenvalue weighted by Crippen LogP contribution is 2.13. The summed E-state index contributed by atoms with van der Waals surface area (Å²) in [4.78, 5) is 16.1. The fourth-order valence-corrected chi connectivity index (χ4v) is 2.06. The maximum absolute atomic E-state index is 13.2. The molecule has 0 radical (unpaired) electrons. The first-order chi connectivity index (χ1) is 10.7. The minimum absolute atomic E-state index is 0.287. The first-order valence-corrected chi connectivity index (χ1v) is 6.61. The Morgan fingerprint density at radius 2 is 2.09 bits per heavy atom. The number of pyridine rings is 1. The third-order valence-corrected chi connectivity index (χ3v) is 3.03. The zero-order valence-electron chi connectivity index (χ0n) is 11.5. The van der Waals surface area contributed by atoms with E-state index in [1.54, 1.807) is 24.4 Å². The number of hydrogen-bond acceptors (Lipinski definition) is 4. The SMILES string of the molecule is O=C(Nc1ccon1)c1cncc(Cc2cccc(F)c2)c1. The third kappa shape index (κ3) is 3.35. The van der Waals surface area contributed by atoms with Crippen LogP contribution in [0, 0.1) is 5.82 Å². The van der Waals surface area contributed by atoms with Crippen molar-refractivity contribution in [3.63, 3.8) is 0 Å². The summed E-state index contributed by atoms with van der Waals surface area (Å²) in [6.45, 7) is 0. The number of rotatable bonds is 4. The molecule has 0 aliphatic heterocycles. The maximum atomic E-state index is 13.2. The molecule has 0 bridgehead atoms. The van der Waals surface area contributed by atoms with Crippen LogP contribution < -0.4 is 5.32 Å². The predicted molar refractivity (Wildman–Crippen MR) is 77.9 cm³/mol. The Balaban J connectivity index is 1.76. The number of anilines is 1. The Bertz CT molecular complexity index is 788.